The molecule has 0 amide bonds. The lowest BCUT2D eigenvalue weighted by Gasteiger charge is -2.16. The number of hydrogen-bond donors (Lipinski definition) is 2. The van der Waals surface area contributed by atoms with E-state index in [0.717, 1.165) is 0 Å². The molecule has 0 aromatic heterocycles. The van der Waals surface area contributed by atoms with E-state index in [1.807, 2.05) is 0 Å². The molecule has 0 fully saturated rings. The van der Waals surface area contributed by atoms with Crippen molar-refractivity contribution >= 4 is 7.82 Å². The monoisotopic (exact) mass is 279 g/mol. The van der Waals surface area contributed by atoms with E-state index in [2.05, 4.69) is 9.15 Å². The van der Waals surface area contributed by atoms with Crippen LogP contribution in [-0.2, 0) is 13.7 Å². The van der Waals surface area contributed by atoms with Gasteiger partial charge in [0.25, 0.3) is 0 Å². The van der Waals surface area contributed by atoms with E-state index in [0.29, 0.717) is 0 Å². The van der Waals surface area contributed by atoms with Crippen LogP contribution in [0.2, 0.25) is 0 Å². The largest absolute Gasteiger partial charge is 0.560 e. The average molecular weight is 279 g/mol. The fourth-order valence-electron chi connectivity index (χ4n) is 0.917. The molecule has 0 aliphatic heterocycles. The minimum atomic E-state index is -4.57. The zero-order valence-corrected chi connectivity index (χ0v) is 9.80. The summed E-state index contributed by atoms with van der Waals surface area (Å²) in [4.78, 5) is 10.2. The van der Waals surface area contributed by atoms with Gasteiger partial charge in [-0.2, -0.15) is 4.62 Å². The van der Waals surface area contributed by atoms with E-state index < -0.39 is 25.8 Å². The third kappa shape index (κ3) is 5.11. The molecule has 18 heavy (non-hydrogen) atoms. The number of aliphatic hydroxyl groups excluding tert-OH is 1. The minimum Gasteiger partial charge on any atom is -0.406 e. The predicted molar refractivity (Wildman–Crippen MR) is 56.9 cm³/mol. The number of para-hydroxylation sites is 1. The van der Waals surface area contributed by atoms with Crippen molar-refractivity contribution in [3.63, 3.8) is 0 Å². The van der Waals surface area contributed by atoms with Crippen LogP contribution in [0.1, 0.15) is 0 Å². The van der Waals surface area contributed by atoms with Crippen molar-refractivity contribution in [2.24, 2.45) is 0 Å². The zero-order valence-electron chi connectivity index (χ0n) is 8.91. The van der Waals surface area contributed by atoms with Gasteiger partial charge < -0.3 is 14.7 Å². The highest BCUT2D eigenvalue weighted by Crippen LogP contribution is 2.49. The molecular formula is C8H10NO8P. The van der Waals surface area contributed by atoms with E-state index in [1.54, 1.807) is 6.07 Å². The van der Waals surface area contributed by atoms with Crippen LogP contribution >= 0.6 is 7.82 Å². The highest BCUT2D eigenvalue weighted by Gasteiger charge is 2.33. The van der Waals surface area contributed by atoms with Crippen LogP contribution in [0.3, 0.4) is 0 Å². The van der Waals surface area contributed by atoms with E-state index in [-0.39, 0.29) is 5.75 Å². The smallest absolute Gasteiger partial charge is 0.406 e. The van der Waals surface area contributed by atoms with Crippen LogP contribution in [-0.4, -0.2) is 28.2 Å². The number of benzene rings is 1. The molecular weight excluding hydrogens is 269 g/mol. The summed E-state index contributed by atoms with van der Waals surface area (Å²) < 4.78 is 24.7. The van der Waals surface area contributed by atoms with Crippen LogP contribution in [0.15, 0.2) is 30.3 Å². The van der Waals surface area contributed by atoms with Gasteiger partial charge in [0.1, 0.15) is 12.4 Å². The highest BCUT2D eigenvalue weighted by molar-refractivity contribution is 7.48. The molecule has 0 bridgehead atoms. The first-order chi connectivity index (χ1) is 8.41. The van der Waals surface area contributed by atoms with Crippen molar-refractivity contribution in [3.05, 3.63) is 40.4 Å². The van der Waals surface area contributed by atoms with E-state index in [1.165, 1.54) is 24.3 Å². The maximum Gasteiger partial charge on any atom is 0.560 e. The van der Waals surface area contributed by atoms with Crippen molar-refractivity contribution in [1.82, 2.24) is 0 Å². The summed E-state index contributed by atoms with van der Waals surface area (Å²) in [5, 5.41) is 25.9. The summed E-state index contributed by atoms with van der Waals surface area (Å²) in [7, 11) is -4.57. The molecule has 0 aliphatic rings. The van der Waals surface area contributed by atoms with E-state index in [4.69, 9.17) is 14.7 Å². The maximum absolute atomic E-state index is 11.8. The SMILES string of the molecule is O=[N+]([O-])OP(=O)(OCC(O)O)Oc1ccccc1. The van der Waals surface area contributed by atoms with Gasteiger partial charge in [-0.05, 0) is 12.1 Å². The summed E-state index contributed by atoms with van der Waals surface area (Å²) in [6.45, 7) is -0.863. The van der Waals surface area contributed by atoms with Crippen LogP contribution < -0.4 is 4.52 Å². The molecule has 9 nitrogen and oxygen atoms in total. The number of phosphoric acid groups is 1. The Balaban J connectivity index is 2.77. The summed E-state index contributed by atoms with van der Waals surface area (Å²) in [5.74, 6) is 0.00936. The number of nitrogens with zero attached hydrogens (tertiary/aromatic N) is 1. The lowest BCUT2D eigenvalue weighted by Crippen LogP contribution is -2.16. The molecule has 0 heterocycles. The lowest BCUT2D eigenvalue weighted by atomic mass is 10.3. The van der Waals surface area contributed by atoms with Gasteiger partial charge in [0.15, 0.2) is 6.29 Å². The van der Waals surface area contributed by atoms with Crippen molar-refractivity contribution in [2.45, 2.75) is 6.29 Å². The van der Waals surface area contributed by atoms with Crippen LogP contribution in [0, 0.1) is 10.1 Å². The third-order valence-electron chi connectivity index (χ3n) is 1.51. The average Bonchev–Trinajstić information content (AvgIpc) is 2.27. The Hall–Kier alpha value is -1.67. The number of rotatable bonds is 7. The van der Waals surface area contributed by atoms with Crippen molar-refractivity contribution < 1.29 is 33.5 Å². The molecule has 2 N–H and O–H groups in total. The minimum absolute atomic E-state index is 0.00936. The molecule has 1 unspecified atom stereocenters. The number of hydrogen-bond acceptors (Lipinski definition) is 8. The Kier molecular flexibility index (Phi) is 5.05. The number of phosphoric ester groups is 1. The second-order valence-corrected chi connectivity index (χ2v) is 4.43. The van der Waals surface area contributed by atoms with Gasteiger partial charge in [-0.3, -0.25) is 4.52 Å². The lowest BCUT2D eigenvalue weighted by molar-refractivity contribution is -0.717. The zero-order chi connectivity index (χ0) is 13.6. The van der Waals surface area contributed by atoms with Gasteiger partial charge in [-0.15, -0.1) is 10.1 Å². The Labute approximate surface area is 101 Å². The quantitative estimate of drug-likeness (QED) is 0.323. The third-order valence-corrected chi connectivity index (χ3v) is 2.74. The summed E-state index contributed by atoms with van der Waals surface area (Å²) in [6, 6.07) is 7.45. The van der Waals surface area contributed by atoms with Crippen LogP contribution in [0.4, 0.5) is 0 Å². The van der Waals surface area contributed by atoms with Gasteiger partial charge in [-0.25, -0.2) is 4.57 Å². The molecule has 100 valence electrons. The molecule has 0 saturated heterocycles. The first-order valence-electron chi connectivity index (χ1n) is 4.61. The first-order valence-corrected chi connectivity index (χ1v) is 6.07. The van der Waals surface area contributed by atoms with Crippen LogP contribution in [0.5, 0.6) is 5.75 Å². The predicted octanol–water partition coefficient (Wildman–Crippen LogP) is 0.709. The first kappa shape index (κ1) is 14.4. The Morgan fingerprint density at radius 1 is 1.33 bits per heavy atom. The van der Waals surface area contributed by atoms with Gasteiger partial charge in [0.2, 0.25) is 0 Å². The highest BCUT2D eigenvalue weighted by atomic mass is 31.2. The van der Waals surface area contributed by atoms with Gasteiger partial charge in [-0.1, -0.05) is 18.2 Å². The fraction of sp³-hybridized carbons (Fsp3) is 0.250. The normalized spacial score (nSPS) is 13.9. The van der Waals surface area contributed by atoms with E-state index >= 15 is 0 Å². The molecule has 0 aliphatic carbocycles. The molecule has 1 atom stereocenters. The second-order valence-electron chi connectivity index (χ2n) is 2.93. The molecule has 1 aromatic carbocycles. The second kappa shape index (κ2) is 6.31. The molecule has 0 radical (unpaired) electrons. The Bertz CT molecular complexity index is 436. The van der Waals surface area contributed by atoms with Gasteiger partial charge >= 0.3 is 12.9 Å². The topological polar surface area (TPSA) is 128 Å². The summed E-state index contributed by atoms with van der Waals surface area (Å²) in [6.07, 6.45) is -1.96. The molecule has 0 spiro atoms. The van der Waals surface area contributed by atoms with Gasteiger partial charge in [0, 0.05) is 0 Å². The maximum atomic E-state index is 11.8. The van der Waals surface area contributed by atoms with Crippen LogP contribution in [0.25, 0.3) is 0 Å². The van der Waals surface area contributed by atoms with Gasteiger partial charge in [0.05, 0.1) is 0 Å². The summed E-state index contributed by atoms with van der Waals surface area (Å²) >= 11 is 0. The van der Waals surface area contributed by atoms with Crippen molar-refractivity contribution in [2.75, 3.05) is 6.61 Å². The molecule has 10 heteroatoms. The molecule has 0 saturated carbocycles. The van der Waals surface area contributed by atoms with Crippen molar-refractivity contribution in [1.29, 1.82) is 0 Å². The Morgan fingerprint density at radius 2 is 1.94 bits per heavy atom. The standard InChI is InChI=1S/C8H10NO8P/c10-8(11)6-15-18(14,17-9(12)13)16-7-4-2-1-3-5-7/h1-5,8,10-11H,6H2. The molecule has 1 aromatic rings. The fourth-order valence-corrected chi connectivity index (χ4v) is 1.91. The Morgan fingerprint density at radius 3 is 2.44 bits per heavy atom. The number of aliphatic hydroxyl groups is 2. The molecule has 1 rings (SSSR count). The summed E-state index contributed by atoms with van der Waals surface area (Å²) in [5.41, 5.74) is 0. The van der Waals surface area contributed by atoms with Crippen molar-refractivity contribution in [3.8, 4) is 5.75 Å². The van der Waals surface area contributed by atoms with E-state index in [9.17, 15) is 14.7 Å².